The van der Waals surface area contributed by atoms with Gasteiger partial charge in [-0.15, -0.1) is 0 Å². The molecular weight excluding hydrogens is 284 g/mol. The van der Waals surface area contributed by atoms with Crippen molar-refractivity contribution in [2.24, 2.45) is 7.05 Å². The minimum Gasteiger partial charge on any atom is -0.350 e. The highest BCUT2D eigenvalue weighted by molar-refractivity contribution is 7.19. The average Bonchev–Trinajstić information content (AvgIpc) is 3.01. The van der Waals surface area contributed by atoms with E-state index in [0.29, 0.717) is 10.7 Å². The zero-order valence-electron chi connectivity index (χ0n) is 11.6. The molecule has 1 aromatic carbocycles. The number of benzene rings is 1. The number of para-hydroxylation sites is 1. The van der Waals surface area contributed by atoms with Crippen molar-refractivity contribution < 1.29 is 0 Å². The Kier molecular flexibility index (Phi) is 2.49. The first-order valence-electron chi connectivity index (χ1n) is 6.55. The molecule has 104 valence electrons. The molecule has 0 saturated heterocycles. The predicted octanol–water partition coefficient (Wildman–Crippen LogP) is 2.62. The molecule has 5 nitrogen and oxygen atoms in total. The molecule has 0 fully saturated rings. The standard InChI is InChI=1S/C15H12N4OS/c1-9-7-13(20)19-15(16-9)21-14(17-19)11-8-18(2)12-6-4-3-5-10(11)12/h3-8H,1-2H3. The number of aryl methyl sites for hydroxylation is 2. The monoisotopic (exact) mass is 296 g/mol. The summed E-state index contributed by atoms with van der Waals surface area (Å²) >= 11 is 1.43. The van der Waals surface area contributed by atoms with Crippen molar-refractivity contribution in [1.29, 1.82) is 0 Å². The van der Waals surface area contributed by atoms with Gasteiger partial charge in [-0.2, -0.15) is 9.61 Å². The Morgan fingerprint density at radius 3 is 2.90 bits per heavy atom. The van der Waals surface area contributed by atoms with Crippen LogP contribution in [-0.4, -0.2) is 19.2 Å². The highest BCUT2D eigenvalue weighted by atomic mass is 32.1. The Hall–Kier alpha value is -2.47. The molecular formula is C15H12N4OS. The third-order valence-electron chi connectivity index (χ3n) is 3.50. The molecule has 0 aliphatic carbocycles. The fraction of sp³-hybridized carbons (Fsp3) is 0.133. The molecule has 3 aromatic heterocycles. The third kappa shape index (κ3) is 1.80. The summed E-state index contributed by atoms with van der Waals surface area (Å²) in [5, 5.41) is 6.37. The van der Waals surface area contributed by atoms with Gasteiger partial charge in [0, 0.05) is 41.5 Å². The van der Waals surface area contributed by atoms with Crippen molar-refractivity contribution in [3.8, 4) is 10.6 Å². The molecule has 0 aliphatic heterocycles. The summed E-state index contributed by atoms with van der Waals surface area (Å²) in [6.07, 6.45) is 2.04. The minimum atomic E-state index is -0.139. The fourth-order valence-corrected chi connectivity index (χ4v) is 3.52. The van der Waals surface area contributed by atoms with Gasteiger partial charge in [0.05, 0.1) is 0 Å². The van der Waals surface area contributed by atoms with Crippen LogP contribution in [0.1, 0.15) is 5.69 Å². The van der Waals surface area contributed by atoms with E-state index in [1.54, 1.807) is 0 Å². The molecule has 0 radical (unpaired) electrons. The third-order valence-corrected chi connectivity index (χ3v) is 4.44. The van der Waals surface area contributed by atoms with Gasteiger partial charge < -0.3 is 4.57 Å². The van der Waals surface area contributed by atoms with Crippen LogP contribution in [0.15, 0.2) is 41.3 Å². The summed E-state index contributed by atoms with van der Waals surface area (Å²) in [7, 11) is 2.01. The summed E-state index contributed by atoms with van der Waals surface area (Å²) in [5.41, 5.74) is 2.75. The van der Waals surface area contributed by atoms with Crippen molar-refractivity contribution in [3.63, 3.8) is 0 Å². The number of fused-ring (bicyclic) bond motifs is 2. The summed E-state index contributed by atoms with van der Waals surface area (Å²) in [6.45, 7) is 1.82. The van der Waals surface area contributed by atoms with Crippen molar-refractivity contribution in [2.45, 2.75) is 6.92 Å². The maximum Gasteiger partial charge on any atom is 0.275 e. The second kappa shape index (κ2) is 4.26. The normalized spacial score (nSPS) is 11.5. The number of rotatable bonds is 1. The number of hydrogen-bond acceptors (Lipinski definition) is 4. The molecule has 4 rings (SSSR count). The van der Waals surface area contributed by atoms with Crippen molar-refractivity contribution in [2.75, 3.05) is 0 Å². The first-order valence-corrected chi connectivity index (χ1v) is 7.37. The Morgan fingerprint density at radius 2 is 2.05 bits per heavy atom. The molecule has 0 saturated carbocycles. The lowest BCUT2D eigenvalue weighted by Crippen LogP contribution is -2.14. The van der Waals surface area contributed by atoms with E-state index < -0.39 is 0 Å². The van der Waals surface area contributed by atoms with Crippen molar-refractivity contribution in [1.82, 2.24) is 19.2 Å². The van der Waals surface area contributed by atoms with Gasteiger partial charge >= 0.3 is 0 Å². The van der Waals surface area contributed by atoms with Gasteiger partial charge in [-0.1, -0.05) is 29.5 Å². The molecule has 21 heavy (non-hydrogen) atoms. The van der Waals surface area contributed by atoms with E-state index in [9.17, 15) is 4.79 Å². The largest absolute Gasteiger partial charge is 0.350 e. The number of aromatic nitrogens is 4. The topological polar surface area (TPSA) is 52.2 Å². The zero-order valence-corrected chi connectivity index (χ0v) is 12.4. The van der Waals surface area contributed by atoms with Gasteiger partial charge in [-0.25, -0.2) is 4.98 Å². The fourth-order valence-electron chi connectivity index (χ4n) is 2.54. The lowest BCUT2D eigenvalue weighted by molar-refractivity contribution is 0.893. The Morgan fingerprint density at radius 1 is 1.24 bits per heavy atom. The first-order chi connectivity index (χ1) is 10.1. The van der Waals surface area contributed by atoms with Gasteiger partial charge in [0.25, 0.3) is 5.56 Å². The molecule has 0 aliphatic rings. The van der Waals surface area contributed by atoms with E-state index in [4.69, 9.17) is 0 Å². The second-order valence-electron chi connectivity index (χ2n) is 5.01. The Balaban J connectivity index is 2.05. The first kappa shape index (κ1) is 12.3. The van der Waals surface area contributed by atoms with Crippen molar-refractivity contribution in [3.05, 3.63) is 52.6 Å². The van der Waals surface area contributed by atoms with E-state index in [1.165, 1.54) is 21.9 Å². The molecule has 0 atom stereocenters. The predicted molar refractivity (Wildman–Crippen MR) is 83.8 cm³/mol. The van der Waals surface area contributed by atoms with E-state index in [0.717, 1.165) is 21.5 Å². The van der Waals surface area contributed by atoms with Gasteiger partial charge in [0.2, 0.25) is 4.96 Å². The summed E-state index contributed by atoms with van der Waals surface area (Å²) in [6, 6.07) is 9.66. The van der Waals surface area contributed by atoms with Crippen LogP contribution in [0.5, 0.6) is 0 Å². The Labute approximate surface area is 124 Å². The van der Waals surface area contributed by atoms with E-state index in [-0.39, 0.29) is 5.56 Å². The SMILES string of the molecule is Cc1cc(=O)n2nc(-c3cn(C)c4ccccc34)sc2n1. The van der Waals surface area contributed by atoms with Gasteiger partial charge in [-0.05, 0) is 13.0 Å². The summed E-state index contributed by atoms with van der Waals surface area (Å²) in [4.78, 5) is 17.0. The van der Waals surface area contributed by atoms with E-state index >= 15 is 0 Å². The minimum absolute atomic E-state index is 0.139. The van der Waals surface area contributed by atoms with Gasteiger partial charge in [0.15, 0.2) is 0 Å². The van der Waals surface area contributed by atoms with Crippen molar-refractivity contribution >= 4 is 27.2 Å². The van der Waals surface area contributed by atoms with E-state index in [1.807, 2.05) is 32.3 Å². The number of nitrogens with zero attached hydrogens (tertiary/aromatic N) is 4. The zero-order chi connectivity index (χ0) is 14.6. The lowest BCUT2D eigenvalue weighted by Gasteiger charge is -1.93. The second-order valence-corrected chi connectivity index (χ2v) is 5.96. The summed E-state index contributed by atoms with van der Waals surface area (Å²) < 4.78 is 3.44. The maximum absolute atomic E-state index is 12.0. The average molecular weight is 296 g/mol. The maximum atomic E-state index is 12.0. The molecule has 4 aromatic rings. The van der Waals surface area contributed by atoms with Crippen LogP contribution in [0, 0.1) is 6.92 Å². The van der Waals surface area contributed by atoms with E-state index in [2.05, 4.69) is 26.8 Å². The molecule has 0 amide bonds. The molecule has 0 unspecified atom stereocenters. The van der Waals surface area contributed by atoms with Crippen LogP contribution in [0.3, 0.4) is 0 Å². The molecule has 0 spiro atoms. The highest BCUT2D eigenvalue weighted by Gasteiger charge is 2.14. The molecule has 3 heterocycles. The molecule has 0 N–H and O–H groups in total. The van der Waals surface area contributed by atoms with Gasteiger partial charge in [-0.3, -0.25) is 4.79 Å². The molecule has 0 bridgehead atoms. The highest BCUT2D eigenvalue weighted by Crippen LogP contribution is 2.32. The Bertz CT molecular complexity index is 1040. The lowest BCUT2D eigenvalue weighted by atomic mass is 10.2. The van der Waals surface area contributed by atoms with Crippen LogP contribution < -0.4 is 5.56 Å². The smallest absolute Gasteiger partial charge is 0.275 e. The molecule has 6 heteroatoms. The van der Waals surface area contributed by atoms with Crippen LogP contribution in [0.25, 0.3) is 26.4 Å². The quantitative estimate of drug-likeness (QED) is 0.542. The summed E-state index contributed by atoms with van der Waals surface area (Å²) in [5.74, 6) is 0. The van der Waals surface area contributed by atoms with Crippen LogP contribution in [0.2, 0.25) is 0 Å². The number of hydrogen-bond donors (Lipinski definition) is 0. The van der Waals surface area contributed by atoms with Crippen LogP contribution in [-0.2, 0) is 7.05 Å². The van der Waals surface area contributed by atoms with Gasteiger partial charge in [0.1, 0.15) is 5.01 Å². The van der Waals surface area contributed by atoms with Crippen LogP contribution in [0.4, 0.5) is 0 Å². The van der Waals surface area contributed by atoms with Crippen LogP contribution >= 0.6 is 11.3 Å².